The van der Waals surface area contributed by atoms with Gasteiger partial charge in [0, 0.05) is 19.5 Å². The molecule has 0 aromatic heterocycles. The van der Waals surface area contributed by atoms with E-state index in [0.29, 0.717) is 12.8 Å². The van der Waals surface area contributed by atoms with E-state index in [9.17, 15) is 9.59 Å². The Kier molecular flexibility index (Phi) is 5.29. The van der Waals surface area contributed by atoms with Crippen LogP contribution in [-0.2, 0) is 9.59 Å². The van der Waals surface area contributed by atoms with Gasteiger partial charge in [-0.05, 0) is 25.7 Å². The fourth-order valence-electron chi connectivity index (χ4n) is 1.99. The molecule has 1 rings (SSSR count). The van der Waals surface area contributed by atoms with Gasteiger partial charge >= 0.3 is 5.97 Å². The molecule has 0 radical (unpaired) electrons. The molecule has 1 atom stereocenters. The predicted molar refractivity (Wildman–Crippen MR) is 61.1 cm³/mol. The van der Waals surface area contributed by atoms with E-state index in [-0.39, 0.29) is 11.8 Å². The number of rotatable bonds is 5. The van der Waals surface area contributed by atoms with E-state index in [0.717, 1.165) is 38.8 Å². The van der Waals surface area contributed by atoms with Gasteiger partial charge < -0.3 is 10.0 Å². The Morgan fingerprint density at radius 3 is 2.88 bits per heavy atom. The van der Waals surface area contributed by atoms with Gasteiger partial charge in [-0.2, -0.15) is 0 Å². The lowest BCUT2D eigenvalue weighted by Gasteiger charge is -2.20. The maximum Gasteiger partial charge on any atom is 0.306 e. The number of carboxylic acid groups (broad SMARTS) is 1. The van der Waals surface area contributed by atoms with Gasteiger partial charge in [-0.1, -0.05) is 13.3 Å². The second-order valence-electron chi connectivity index (χ2n) is 4.57. The van der Waals surface area contributed by atoms with Crippen LogP contribution < -0.4 is 0 Å². The Bertz CT molecular complexity index is 253. The zero-order chi connectivity index (χ0) is 12.0. The molecule has 0 aromatic rings. The number of carbonyl (C=O) groups excluding carboxylic acids is 1. The first kappa shape index (κ1) is 13.0. The third-order valence-corrected chi connectivity index (χ3v) is 3.16. The summed E-state index contributed by atoms with van der Waals surface area (Å²) in [5, 5.41) is 8.74. The van der Waals surface area contributed by atoms with Crippen LogP contribution in [0.25, 0.3) is 0 Å². The highest BCUT2D eigenvalue weighted by molar-refractivity contribution is 5.76. The molecule has 1 saturated heterocycles. The van der Waals surface area contributed by atoms with Crippen LogP contribution in [0.5, 0.6) is 0 Å². The minimum Gasteiger partial charge on any atom is -0.481 e. The molecule has 4 heteroatoms. The zero-order valence-electron chi connectivity index (χ0n) is 9.95. The lowest BCUT2D eigenvalue weighted by Crippen LogP contribution is -2.31. The molecule has 92 valence electrons. The SMILES string of the molecule is CC(CCCN1CCCCCC1=O)C(=O)O. The van der Waals surface area contributed by atoms with Crippen molar-refractivity contribution >= 4 is 11.9 Å². The van der Waals surface area contributed by atoms with Crippen LogP contribution in [-0.4, -0.2) is 35.0 Å². The number of nitrogens with zero attached hydrogens (tertiary/aromatic N) is 1. The van der Waals surface area contributed by atoms with Crippen LogP contribution in [0.15, 0.2) is 0 Å². The van der Waals surface area contributed by atoms with Gasteiger partial charge in [0.25, 0.3) is 0 Å². The number of likely N-dealkylation sites (tertiary alicyclic amines) is 1. The maximum absolute atomic E-state index is 11.6. The van der Waals surface area contributed by atoms with Crippen molar-refractivity contribution in [3.63, 3.8) is 0 Å². The van der Waals surface area contributed by atoms with Crippen molar-refractivity contribution in [2.45, 2.75) is 45.4 Å². The number of carboxylic acids is 1. The van der Waals surface area contributed by atoms with Gasteiger partial charge in [0.2, 0.25) is 5.91 Å². The summed E-state index contributed by atoms with van der Waals surface area (Å²) < 4.78 is 0. The van der Waals surface area contributed by atoms with Crippen molar-refractivity contribution in [3.05, 3.63) is 0 Å². The first-order valence-electron chi connectivity index (χ1n) is 6.12. The zero-order valence-corrected chi connectivity index (χ0v) is 9.95. The largest absolute Gasteiger partial charge is 0.481 e. The van der Waals surface area contributed by atoms with E-state index in [1.54, 1.807) is 6.92 Å². The maximum atomic E-state index is 11.6. The van der Waals surface area contributed by atoms with Gasteiger partial charge in [0.15, 0.2) is 0 Å². The Morgan fingerprint density at radius 2 is 2.19 bits per heavy atom. The molecule has 0 bridgehead atoms. The average molecular weight is 227 g/mol. The minimum atomic E-state index is -0.748. The number of amides is 1. The Labute approximate surface area is 96.6 Å². The summed E-state index contributed by atoms with van der Waals surface area (Å²) >= 11 is 0. The van der Waals surface area contributed by atoms with Crippen LogP contribution in [0, 0.1) is 5.92 Å². The number of hydrogen-bond donors (Lipinski definition) is 1. The van der Waals surface area contributed by atoms with Gasteiger partial charge in [-0.15, -0.1) is 0 Å². The van der Waals surface area contributed by atoms with Crippen molar-refractivity contribution < 1.29 is 14.7 Å². The standard InChI is InChI=1S/C12H21NO3/c1-10(12(15)16)6-5-9-13-8-4-2-3-7-11(13)14/h10H,2-9H2,1H3,(H,15,16). The monoisotopic (exact) mass is 227 g/mol. The Morgan fingerprint density at radius 1 is 1.44 bits per heavy atom. The summed E-state index contributed by atoms with van der Waals surface area (Å²) in [5.74, 6) is -0.815. The first-order chi connectivity index (χ1) is 7.61. The van der Waals surface area contributed by atoms with Gasteiger partial charge in [0.05, 0.1) is 5.92 Å². The molecule has 0 spiro atoms. The molecule has 1 heterocycles. The molecule has 1 aliphatic rings. The van der Waals surface area contributed by atoms with Crippen LogP contribution >= 0.6 is 0 Å². The second kappa shape index (κ2) is 6.51. The highest BCUT2D eigenvalue weighted by Gasteiger charge is 2.17. The van der Waals surface area contributed by atoms with Crippen LogP contribution in [0.1, 0.15) is 45.4 Å². The molecule has 0 aromatic carbocycles. The molecule has 16 heavy (non-hydrogen) atoms. The normalized spacial score (nSPS) is 19.3. The molecule has 0 aliphatic carbocycles. The van der Waals surface area contributed by atoms with E-state index in [1.807, 2.05) is 4.90 Å². The summed E-state index contributed by atoms with van der Waals surface area (Å²) in [7, 11) is 0. The fourth-order valence-corrected chi connectivity index (χ4v) is 1.99. The number of aliphatic carboxylic acids is 1. The van der Waals surface area contributed by atoms with Crippen molar-refractivity contribution in [1.29, 1.82) is 0 Å². The first-order valence-corrected chi connectivity index (χ1v) is 6.12. The molecule has 1 amide bonds. The molecule has 0 saturated carbocycles. The third-order valence-electron chi connectivity index (χ3n) is 3.16. The van der Waals surface area contributed by atoms with Crippen LogP contribution in [0.3, 0.4) is 0 Å². The summed E-state index contributed by atoms with van der Waals surface area (Å²) in [5.41, 5.74) is 0. The lowest BCUT2D eigenvalue weighted by molar-refractivity contribution is -0.141. The quantitative estimate of drug-likeness (QED) is 0.780. The van der Waals surface area contributed by atoms with Gasteiger partial charge in [0.1, 0.15) is 0 Å². The summed E-state index contributed by atoms with van der Waals surface area (Å²) in [6.07, 6.45) is 5.32. The van der Waals surface area contributed by atoms with Crippen LogP contribution in [0.4, 0.5) is 0 Å². The van der Waals surface area contributed by atoms with E-state index in [1.165, 1.54) is 0 Å². The van der Waals surface area contributed by atoms with Crippen LogP contribution in [0.2, 0.25) is 0 Å². The molecule has 1 aliphatic heterocycles. The van der Waals surface area contributed by atoms with E-state index >= 15 is 0 Å². The minimum absolute atomic E-state index is 0.237. The average Bonchev–Trinajstić information content (AvgIpc) is 2.44. The lowest BCUT2D eigenvalue weighted by atomic mass is 10.1. The summed E-state index contributed by atoms with van der Waals surface area (Å²) in [4.78, 5) is 24.1. The van der Waals surface area contributed by atoms with E-state index in [2.05, 4.69) is 0 Å². The van der Waals surface area contributed by atoms with Crippen molar-refractivity contribution in [2.24, 2.45) is 5.92 Å². The second-order valence-corrected chi connectivity index (χ2v) is 4.57. The number of hydrogen-bond acceptors (Lipinski definition) is 2. The molecular weight excluding hydrogens is 206 g/mol. The molecule has 1 N–H and O–H groups in total. The molecule has 1 fully saturated rings. The van der Waals surface area contributed by atoms with E-state index < -0.39 is 5.97 Å². The van der Waals surface area contributed by atoms with Crippen molar-refractivity contribution in [3.8, 4) is 0 Å². The smallest absolute Gasteiger partial charge is 0.306 e. The third kappa shape index (κ3) is 4.21. The Balaban J connectivity index is 2.25. The molecular formula is C12H21NO3. The molecule has 4 nitrogen and oxygen atoms in total. The highest BCUT2D eigenvalue weighted by atomic mass is 16.4. The van der Waals surface area contributed by atoms with Crippen molar-refractivity contribution in [1.82, 2.24) is 4.90 Å². The topological polar surface area (TPSA) is 57.6 Å². The Hall–Kier alpha value is -1.06. The number of carbonyl (C=O) groups is 2. The summed E-state index contributed by atoms with van der Waals surface area (Å²) in [6.45, 7) is 3.28. The predicted octanol–water partition coefficient (Wildman–Crippen LogP) is 1.89. The fraction of sp³-hybridized carbons (Fsp3) is 0.833. The molecule has 1 unspecified atom stereocenters. The van der Waals surface area contributed by atoms with E-state index in [4.69, 9.17) is 5.11 Å². The summed E-state index contributed by atoms with van der Waals surface area (Å²) in [6, 6.07) is 0. The van der Waals surface area contributed by atoms with Gasteiger partial charge in [-0.3, -0.25) is 9.59 Å². The van der Waals surface area contributed by atoms with Gasteiger partial charge in [-0.25, -0.2) is 0 Å². The highest BCUT2D eigenvalue weighted by Crippen LogP contribution is 2.13. The van der Waals surface area contributed by atoms with Crippen molar-refractivity contribution in [2.75, 3.05) is 13.1 Å².